The van der Waals surface area contributed by atoms with Crippen LogP contribution in [0.1, 0.15) is 36.7 Å². The molecule has 22 heavy (non-hydrogen) atoms. The van der Waals surface area contributed by atoms with Gasteiger partial charge in [-0.1, -0.05) is 26.8 Å². The Bertz CT molecular complexity index is 759. The Morgan fingerprint density at radius 1 is 1.45 bits per heavy atom. The zero-order valence-electron chi connectivity index (χ0n) is 13.3. The van der Waals surface area contributed by atoms with E-state index in [9.17, 15) is 14.7 Å². The molecule has 0 radical (unpaired) electrons. The highest BCUT2D eigenvalue weighted by molar-refractivity contribution is 5.93. The van der Waals surface area contributed by atoms with Crippen LogP contribution in [0, 0.1) is 12.3 Å². The third-order valence-corrected chi connectivity index (χ3v) is 3.63. The molecule has 2 aromatic rings. The van der Waals surface area contributed by atoms with Crippen LogP contribution in [-0.4, -0.2) is 33.0 Å². The maximum Gasteiger partial charge on any atom is 0.270 e. The van der Waals surface area contributed by atoms with Gasteiger partial charge in [0.05, 0.1) is 6.10 Å². The van der Waals surface area contributed by atoms with E-state index in [2.05, 4.69) is 10.3 Å². The first-order valence-corrected chi connectivity index (χ1v) is 7.15. The number of fused-ring (bicyclic) bond motifs is 1. The quantitative estimate of drug-likeness (QED) is 0.890. The van der Waals surface area contributed by atoms with Gasteiger partial charge in [-0.05, 0) is 24.0 Å². The van der Waals surface area contributed by atoms with Crippen molar-refractivity contribution in [3.8, 4) is 0 Å². The molecule has 6 heteroatoms. The number of carbonyl (C=O) groups is 1. The van der Waals surface area contributed by atoms with Crippen LogP contribution in [0.15, 0.2) is 29.3 Å². The molecule has 1 unspecified atom stereocenters. The third kappa shape index (κ3) is 3.17. The molecule has 2 aromatic heterocycles. The molecular formula is C16H21N3O3. The van der Waals surface area contributed by atoms with Crippen molar-refractivity contribution in [3.63, 3.8) is 0 Å². The molecule has 2 heterocycles. The average Bonchev–Trinajstić information content (AvgIpc) is 2.44. The lowest BCUT2D eigenvalue weighted by molar-refractivity contribution is 0.0586. The number of aliphatic hydroxyl groups excluding tert-OH is 1. The molecule has 0 aliphatic heterocycles. The van der Waals surface area contributed by atoms with Gasteiger partial charge in [0.2, 0.25) is 0 Å². The van der Waals surface area contributed by atoms with Gasteiger partial charge < -0.3 is 10.4 Å². The molecule has 0 bridgehead atoms. The summed E-state index contributed by atoms with van der Waals surface area (Å²) in [6, 6.07) is 3.58. The van der Waals surface area contributed by atoms with Gasteiger partial charge in [-0.15, -0.1) is 0 Å². The van der Waals surface area contributed by atoms with E-state index in [-0.39, 0.29) is 17.5 Å². The Morgan fingerprint density at radius 2 is 2.14 bits per heavy atom. The van der Waals surface area contributed by atoms with Crippen LogP contribution >= 0.6 is 0 Å². The molecular weight excluding hydrogens is 282 g/mol. The van der Waals surface area contributed by atoms with Crippen LogP contribution in [0.2, 0.25) is 0 Å². The lowest BCUT2D eigenvalue weighted by Gasteiger charge is -2.25. The van der Waals surface area contributed by atoms with E-state index in [0.29, 0.717) is 5.65 Å². The Morgan fingerprint density at radius 3 is 2.77 bits per heavy atom. The van der Waals surface area contributed by atoms with Gasteiger partial charge in [-0.3, -0.25) is 14.0 Å². The van der Waals surface area contributed by atoms with E-state index in [4.69, 9.17) is 0 Å². The second kappa shape index (κ2) is 5.88. The average molecular weight is 303 g/mol. The van der Waals surface area contributed by atoms with Crippen LogP contribution < -0.4 is 10.9 Å². The normalized spacial score (nSPS) is 13.1. The first kappa shape index (κ1) is 16.2. The van der Waals surface area contributed by atoms with Crippen molar-refractivity contribution in [2.45, 2.75) is 33.8 Å². The SMILES string of the molecule is Cc1cccn2c(=O)c(C(=O)NCC(O)C(C)(C)C)cnc12. The first-order valence-electron chi connectivity index (χ1n) is 7.15. The minimum atomic E-state index is -0.699. The van der Waals surface area contributed by atoms with E-state index in [1.54, 1.807) is 12.3 Å². The van der Waals surface area contributed by atoms with Crippen LogP contribution in [-0.2, 0) is 0 Å². The summed E-state index contributed by atoms with van der Waals surface area (Å²) in [5, 5.41) is 12.5. The van der Waals surface area contributed by atoms with Crippen LogP contribution in [0.5, 0.6) is 0 Å². The molecule has 1 amide bonds. The van der Waals surface area contributed by atoms with Crippen molar-refractivity contribution in [1.82, 2.24) is 14.7 Å². The van der Waals surface area contributed by atoms with Crippen molar-refractivity contribution in [2.75, 3.05) is 6.54 Å². The van der Waals surface area contributed by atoms with Crippen molar-refractivity contribution < 1.29 is 9.90 Å². The monoisotopic (exact) mass is 303 g/mol. The summed E-state index contributed by atoms with van der Waals surface area (Å²) in [4.78, 5) is 28.7. The summed E-state index contributed by atoms with van der Waals surface area (Å²) in [7, 11) is 0. The summed E-state index contributed by atoms with van der Waals surface area (Å²) in [5.74, 6) is -0.531. The lowest BCUT2D eigenvalue weighted by atomic mass is 9.89. The number of hydrogen-bond donors (Lipinski definition) is 2. The van der Waals surface area contributed by atoms with Crippen LogP contribution in [0.3, 0.4) is 0 Å². The fraction of sp³-hybridized carbons (Fsp3) is 0.438. The minimum absolute atomic E-state index is 0.0378. The summed E-state index contributed by atoms with van der Waals surface area (Å²) >= 11 is 0. The van der Waals surface area contributed by atoms with Gasteiger partial charge in [0.25, 0.3) is 11.5 Å². The second-order valence-corrected chi connectivity index (χ2v) is 6.45. The highest BCUT2D eigenvalue weighted by atomic mass is 16.3. The Hall–Kier alpha value is -2.21. The number of nitrogens with one attached hydrogen (secondary N) is 1. The molecule has 2 rings (SSSR count). The fourth-order valence-electron chi connectivity index (χ4n) is 1.99. The van der Waals surface area contributed by atoms with Crippen molar-refractivity contribution in [3.05, 3.63) is 46.0 Å². The Kier molecular flexibility index (Phi) is 4.32. The number of rotatable bonds is 3. The molecule has 118 valence electrons. The smallest absolute Gasteiger partial charge is 0.270 e. The van der Waals surface area contributed by atoms with E-state index in [1.165, 1.54) is 10.6 Å². The zero-order valence-corrected chi connectivity index (χ0v) is 13.3. The topological polar surface area (TPSA) is 83.7 Å². The summed E-state index contributed by atoms with van der Waals surface area (Å²) in [5.41, 5.74) is 0.579. The number of aliphatic hydroxyl groups is 1. The van der Waals surface area contributed by atoms with E-state index in [1.807, 2.05) is 33.8 Å². The number of aryl methyl sites for hydroxylation is 1. The predicted octanol–water partition coefficient (Wildman–Crippen LogP) is 1.14. The molecule has 0 aromatic carbocycles. The van der Waals surface area contributed by atoms with Crippen molar-refractivity contribution in [1.29, 1.82) is 0 Å². The number of pyridine rings is 1. The highest BCUT2D eigenvalue weighted by Crippen LogP contribution is 2.18. The molecule has 0 spiro atoms. The Labute approximate surface area is 128 Å². The van der Waals surface area contributed by atoms with Gasteiger partial charge in [0.15, 0.2) is 0 Å². The minimum Gasteiger partial charge on any atom is -0.391 e. The molecule has 6 nitrogen and oxygen atoms in total. The number of aromatic nitrogens is 2. The highest BCUT2D eigenvalue weighted by Gasteiger charge is 2.23. The molecule has 0 fully saturated rings. The van der Waals surface area contributed by atoms with E-state index >= 15 is 0 Å². The zero-order chi connectivity index (χ0) is 16.5. The third-order valence-electron chi connectivity index (χ3n) is 3.63. The summed E-state index contributed by atoms with van der Waals surface area (Å²) < 4.78 is 1.35. The van der Waals surface area contributed by atoms with E-state index in [0.717, 1.165) is 5.56 Å². The maximum absolute atomic E-state index is 12.4. The largest absolute Gasteiger partial charge is 0.391 e. The lowest BCUT2D eigenvalue weighted by Crippen LogP contribution is -2.41. The van der Waals surface area contributed by atoms with Crippen LogP contribution in [0.25, 0.3) is 5.65 Å². The van der Waals surface area contributed by atoms with Gasteiger partial charge in [-0.25, -0.2) is 4.98 Å². The second-order valence-electron chi connectivity index (χ2n) is 6.45. The first-order chi connectivity index (χ1) is 10.2. The molecule has 0 saturated carbocycles. The van der Waals surface area contributed by atoms with Crippen LogP contribution in [0.4, 0.5) is 0 Å². The van der Waals surface area contributed by atoms with Crippen molar-refractivity contribution in [2.24, 2.45) is 5.41 Å². The molecule has 0 saturated heterocycles. The molecule has 0 aliphatic carbocycles. The standard InChI is InChI=1S/C16H21N3O3/c1-10-6-5-7-19-13(10)17-8-11(15(19)22)14(21)18-9-12(20)16(2,3)4/h5-8,12,20H,9H2,1-4H3,(H,18,21). The van der Waals surface area contributed by atoms with Crippen molar-refractivity contribution >= 4 is 11.6 Å². The number of nitrogens with zero attached hydrogens (tertiary/aromatic N) is 2. The summed E-state index contributed by atoms with van der Waals surface area (Å²) in [6.45, 7) is 7.55. The van der Waals surface area contributed by atoms with Gasteiger partial charge in [-0.2, -0.15) is 0 Å². The van der Waals surface area contributed by atoms with E-state index < -0.39 is 17.6 Å². The fourth-order valence-corrected chi connectivity index (χ4v) is 1.99. The summed E-state index contributed by atoms with van der Waals surface area (Å²) in [6.07, 6.45) is 2.16. The number of hydrogen-bond acceptors (Lipinski definition) is 4. The number of amides is 1. The predicted molar refractivity (Wildman–Crippen MR) is 84.0 cm³/mol. The molecule has 2 N–H and O–H groups in total. The Balaban J connectivity index is 2.26. The maximum atomic E-state index is 12.4. The molecule has 1 atom stereocenters. The molecule has 0 aliphatic rings. The number of carbonyl (C=O) groups excluding carboxylic acids is 1. The van der Waals surface area contributed by atoms with Gasteiger partial charge in [0, 0.05) is 18.9 Å². The van der Waals surface area contributed by atoms with Gasteiger partial charge >= 0.3 is 0 Å². The van der Waals surface area contributed by atoms with Gasteiger partial charge in [0.1, 0.15) is 11.2 Å².